The van der Waals surface area contributed by atoms with Gasteiger partial charge in [0.2, 0.25) is 5.91 Å². The summed E-state index contributed by atoms with van der Waals surface area (Å²) in [5, 5.41) is 3.35. The van der Waals surface area contributed by atoms with Crippen molar-refractivity contribution in [3.63, 3.8) is 0 Å². The SMILES string of the molecule is Cl.Cl.NCC1(C(=O)NC2CCN3CCCCC23)CCCC1. The highest BCUT2D eigenvalue weighted by molar-refractivity contribution is 5.85. The van der Waals surface area contributed by atoms with Crippen LogP contribution in [0.5, 0.6) is 0 Å². The van der Waals surface area contributed by atoms with Crippen molar-refractivity contribution in [1.29, 1.82) is 0 Å². The molecule has 4 nitrogen and oxygen atoms in total. The number of fused-ring (bicyclic) bond motifs is 1. The van der Waals surface area contributed by atoms with Crippen LogP contribution in [0.3, 0.4) is 0 Å². The molecule has 3 fully saturated rings. The van der Waals surface area contributed by atoms with Crippen LogP contribution < -0.4 is 11.1 Å². The molecule has 1 amide bonds. The summed E-state index contributed by atoms with van der Waals surface area (Å²) in [6.45, 7) is 2.89. The van der Waals surface area contributed by atoms with Crippen LogP contribution in [-0.4, -0.2) is 42.5 Å². The Labute approximate surface area is 140 Å². The first kappa shape index (κ1) is 19.0. The minimum Gasteiger partial charge on any atom is -0.351 e. The van der Waals surface area contributed by atoms with Crippen molar-refractivity contribution in [1.82, 2.24) is 10.2 Å². The molecule has 2 aliphatic heterocycles. The van der Waals surface area contributed by atoms with E-state index in [-0.39, 0.29) is 36.1 Å². The Bertz CT molecular complexity index is 348. The maximum absolute atomic E-state index is 12.6. The number of nitrogens with one attached hydrogen (secondary N) is 1. The van der Waals surface area contributed by atoms with Crippen LogP contribution in [0.4, 0.5) is 0 Å². The highest BCUT2D eigenvalue weighted by Gasteiger charge is 2.43. The fraction of sp³-hybridized carbons (Fsp3) is 0.933. The minimum absolute atomic E-state index is 0. The Hall–Kier alpha value is -0.0300. The Balaban J connectivity index is 0.00000110. The van der Waals surface area contributed by atoms with E-state index in [1.54, 1.807) is 0 Å². The summed E-state index contributed by atoms with van der Waals surface area (Å²) in [6, 6.07) is 0.964. The molecule has 1 aliphatic carbocycles. The molecule has 3 rings (SSSR count). The fourth-order valence-electron chi connectivity index (χ4n) is 4.31. The summed E-state index contributed by atoms with van der Waals surface area (Å²) in [4.78, 5) is 15.2. The first-order valence-corrected chi connectivity index (χ1v) is 8.00. The van der Waals surface area contributed by atoms with Gasteiger partial charge < -0.3 is 11.1 Å². The second kappa shape index (κ2) is 8.00. The van der Waals surface area contributed by atoms with Crippen molar-refractivity contribution in [2.45, 2.75) is 63.5 Å². The van der Waals surface area contributed by atoms with Crippen LogP contribution in [0.25, 0.3) is 0 Å². The second-order valence-corrected chi connectivity index (χ2v) is 6.66. The Morgan fingerprint density at radius 2 is 1.81 bits per heavy atom. The van der Waals surface area contributed by atoms with Crippen molar-refractivity contribution < 1.29 is 4.79 Å². The van der Waals surface area contributed by atoms with Crippen LogP contribution in [0.1, 0.15) is 51.4 Å². The van der Waals surface area contributed by atoms with Gasteiger partial charge in [0.25, 0.3) is 0 Å². The van der Waals surface area contributed by atoms with Crippen molar-refractivity contribution in [3.05, 3.63) is 0 Å². The van der Waals surface area contributed by atoms with E-state index in [2.05, 4.69) is 10.2 Å². The number of piperidine rings is 1. The van der Waals surface area contributed by atoms with Gasteiger partial charge in [0.15, 0.2) is 0 Å². The zero-order valence-electron chi connectivity index (χ0n) is 12.7. The summed E-state index contributed by atoms with van der Waals surface area (Å²) in [5.74, 6) is 0.241. The highest BCUT2D eigenvalue weighted by Crippen LogP contribution is 2.38. The van der Waals surface area contributed by atoms with E-state index in [1.807, 2.05) is 0 Å². The average Bonchev–Trinajstić information content (AvgIpc) is 3.07. The Kier molecular flexibility index (Phi) is 7.25. The van der Waals surface area contributed by atoms with E-state index in [0.717, 1.165) is 38.6 Å². The molecule has 1 saturated carbocycles. The zero-order chi connectivity index (χ0) is 13.3. The molecular weight excluding hydrogens is 309 g/mol. The largest absolute Gasteiger partial charge is 0.351 e. The third kappa shape index (κ3) is 3.66. The lowest BCUT2D eigenvalue weighted by Gasteiger charge is -2.34. The molecule has 2 unspecified atom stereocenters. The molecular formula is C15H29Cl2N3O. The molecule has 2 heterocycles. The lowest BCUT2D eigenvalue weighted by atomic mass is 9.84. The summed E-state index contributed by atoms with van der Waals surface area (Å²) in [6.07, 6.45) is 9.29. The molecule has 0 aromatic carbocycles. The fourth-order valence-corrected chi connectivity index (χ4v) is 4.31. The van der Waals surface area contributed by atoms with Crippen molar-refractivity contribution in [2.75, 3.05) is 19.6 Å². The molecule has 21 heavy (non-hydrogen) atoms. The normalized spacial score (nSPS) is 30.9. The van der Waals surface area contributed by atoms with Crippen LogP contribution in [0.15, 0.2) is 0 Å². The van der Waals surface area contributed by atoms with Crippen LogP contribution >= 0.6 is 24.8 Å². The summed E-state index contributed by atoms with van der Waals surface area (Å²) in [5.41, 5.74) is 5.66. The first-order valence-electron chi connectivity index (χ1n) is 8.00. The molecule has 0 bridgehead atoms. The average molecular weight is 338 g/mol. The van der Waals surface area contributed by atoms with Crippen LogP contribution in [-0.2, 0) is 4.79 Å². The lowest BCUT2D eigenvalue weighted by molar-refractivity contribution is -0.131. The minimum atomic E-state index is -0.248. The maximum atomic E-state index is 12.6. The van der Waals surface area contributed by atoms with Crippen molar-refractivity contribution in [2.24, 2.45) is 11.1 Å². The molecule has 0 aromatic rings. The molecule has 0 radical (unpaired) electrons. The molecule has 2 atom stereocenters. The number of hydrogen-bond acceptors (Lipinski definition) is 3. The number of nitrogens with zero attached hydrogens (tertiary/aromatic N) is 1. The molecule has 6 heteroatoms. The number of halogens is 2. The van der Waals surface area contributed by atoms with Gasteiger partial charge in [-0.3, -0.25) is 9.69 Å². The summed E-state index contributed by atoms with van der Waals surface area (Å²) < 4.78 is 0. The van der Waals surface area contributed by atoms with E-state index in [4.69, 9.17) is 5.73 Å². The van der Waals surface area contributed by atoms with E-state index in [0.29, 0.717) is 18.6 Å². The zero-order valence-corrected chi connectivity index (χ0v) is 14.3. The topological polar surface area (TPSA) is 58.4 Å². The second-order valence-electron chi connectivity index (χ2n) is 6.66. The smallest absolute Gasteiger partial charge is 0.227 e. The monoisotopic (exact) mass is 337 g/mol. The summed E-state index contributed by atoms with van der Waals surface area (Å²) >= 11 is 0. The number of rotatable bonds is 3. The van der Waals surface area contributed by atoms with Crippen LogP contribution in [0.2, 0.25) is 0 Å². The van der Waals surface area contributed by atoms with E-state index in [1.165, 1.54) is 25.8 Å². The predicted molar refractivity (Wildman–Crippen MR) is 90.2 cm³/mol. The van der Waals surface area contributed by atoms with Crippen LogP contribution in [0, 0.1) is 5.41 Å². The predicted octanol–water partition coefficient (Wildman–Crippen LogP) is 2.09. The van der Waals surface area contributed by atoms with Gasteiger partial charge in [-0.2, -0.15) is 0 Å². The van der Waals surface area contributed by atoms with E-state index < -0.39 is 0 Å². The van der Waals surface area contributed by atoms with E-state index >= 15 is 0 Å². The number of nitrogens with two attached hydrogens (primary N) is 1. The third-order valence-electron chi connectivity index (χ3n) is 5.61. The van der Waals surface area contributed by atoms with Gasteiger partial charge in [-0.1, -0.05) is 19.3 Å². The number of carbonyl (C=O) groups is 1. The number of hydrogen-bond donors (Lipinski definition) is 2. The number of amides is 1. The molecule has 3 N–H and O–H groups in total. The third-order valence-corrected chi connectivity index (χ3v) is 5.61. The van der Waals surface area contributed by atoms with Gasteiger partial charge in [0, 0.05) is 25.2 Å². The van der Waals surface area contributed by atoms with Crippen molar-refractivity contribution >= 4 is 30.7 Å². The summed E-state index contributed by atoms with van der Waals surface area (Å²) in [7, 11) is 0. The van der Waals surface area contributed by atoms with Gasteiger partial charge in [-0.15, -0.1) is 24.8 Å². The Morgan fingerprint density at radius 1 is 1.10 bits per heavy atom. The highest BCUT2D eigenvalue weighted by atomic mass is 35.5. The van der Waals surface area contributed by atoms with Crippen molar-refractivity contribution in [3.8, 4) is 0 Å². The van der Waals surface area contributed by atoms with Gasteiger partial charge >= 0.3 is 0 Å². The number of carbonyl (C=O) groups excluding carboxylic acids is 1. The molecule has 124 valence electrons. The quantitative estimate of drug-likeness (QED) is 0.828. The van der Waals surface area contributed by atoms with Gasteiger partial charge in [0.05, 0.1) is 5.41 Å². The molecule has 3 aliphatic rings. The molecule has 2 saturated heterocycles. The first-order chi connectivity index (χ1) is 9.25. The van der Waals surface area contributed by atoms with E-state index in [9.17, 15) is 4.79 Å². The standard InChI is InChI=1S/C15H27N3O.2ClH/c16-11-15(7-2-3-8-15)14(19)17-12-6-10-18-9-4-1-5-13(12)18;;/h12-13H,1-11,16H2,(H,17,19);2*1H. The molecule has 0 aromatic heterocycles. The van der Waals surface area contributed by atoms with Gasteiger partial charge in [-0.05, 0) is 38.6 Å². The van der Waals surface area contributed by atoms with Gasteiger partial charge in [-0.25, -0.2) is 0 Å². The lowest BCUT2D eigenvalue weighted by Crippen LogP contribution is -2.52. The van der Waals surface area contributed by atoms with Gasteiger partial charge in [0.1, 0.15) is 0 Å². The Morgan fingerprint density at radius 3 is 2.48 bits per heavy atom. The molecule has 0 spiro atoms. The maximum Gasteiger partial charge on any atom is 0.227 e.